The Bertz CT molecular complexity index is 827. The highest BCUT2D eigenvalue weighted by atomic mass is 19.4. The zero-order valence-corrected chi connectivity index (χ0v) is 12.8. The third-order valence-electron chi connectivity index (χ3n) is 3.38. The number of aromatic nitrogens is 5. The van der Waals surface area contributed by atoms with Crippen LogP contribution in [-0.2, 0) is 13.0 Å². The molecule has 3 heterocycles. The molecular formula is C16H14F3N5. The molecule has 0 unspecified atom stereocenters. The van der Waals surface area contributed by atoms with Crippen molar-refractivity contribution in [2.24, 2.45) is 0 Å². The molecule has 0 spiro atoms. The highest BCUT2D eigenvalue weighted by Gasteiger charge is 2.31. The summed E-state index contributed by atoms with van der Waals surface area (Å²) in [4.78, 5) is 12.4. The van der Waals surface area contributed by atoms with Crippen molar-refractivity contribution in [3.63, 3.8) is 0 Å². The van der Waals surface area contributed by atoms with Crippen molar-refractivity contribution < 1.29 is 13.2 Å². The molecule has 0 N–H and O–H groups in total. The molecule has 0 aromatic carbocycles. The highest BCUT2D eigenvalue weighted by Crippen LogP contribution is 2.25. The lowest BCUT2D eigenvalue weighted by molar-refractivity contribution is -0.142. The van der Waals surface area contributed by atoms with Crippen LogP contribution in [0.3, 0.4) is 0 Å². The van der Waals surface area contributed by atoms with Crippen LogP contribution in [0.1, 0.15) is 17.1 Å². The van der Waals surface area contributed by atoms with Gasteiger partial charge in [-0.15, -0.1) is 0 Å². The first-order valence-corrected chi connectivity index (χ1v) is 7.24. The van der Waals surface area contributed by atoms with Gasteiger partial charge < -0.3 is 0 Å². The minimum atomic E-state index is -4.38. The van der Waals surface area contributed by atoms with E-state index < -0.39 is 12.7 Å². The Morgan fingerprint density at radius 2 is 1.92 bits per heavy atom. The highest BCUT2D eigenvalue weighted by molar-refractivity contribution is 5.57. The Morgan fingerprint density at radius 3 is 2.58 bits per heavy atom. The fourth-order valence-electron chi connectivity index (χ4n) is 2.35. The van der Waals surface area contributed by atoms with Gasteiger partial charge in [-0.3, -0.25) is 9.97 Å². The Labute approximate surface area is 136 Å². The first-order chi connectivity index (χ1) is 11.4. The summed E-state index contributed by atoms with van der Waals surface area (Å²) in [6.45, 7) is 0.527. The lowest BCUT2D eigenvalue weighted by Gasteiger charge is -2.09. The molecule has 24 heavy (non-hydrogen) atoms. The predicted molar refractivity (Wildman–Crippen MR) is 81.1 cm³/mol. The summed E-state index contributed by atoms with van der Waals surface area (Å²) in [7, 11) is 0. The second-order valence-electron chi connectivity index (χ2n) is 5.30. The summed E-state index contributed by atoms with van der Waals surface area (Å²) < 4.78 is 39.5. The Morgan fingerprint density at radius 1 is 1.12 bits per heavy atom. The van der Waals surface area contributed by atoms with Crippen LogP contribution in [0, 0.1) is 6.92 Å². The number of halogens is 3. The summed E-state index contributed by atoms with van der Waals surface area (Å²) in [5, 5.41) is 4.04. The maximum Gasteiger partial charge on any atom is 0.408 e. The van der Waals surface area contributed by atoms with Crippen LogP contribution in [0.5, 0.6) is 0 Å². The van der Waals surface area contributed by atoms with Crippen LogP contribution in [0.4, 0.5) is 13.2 Å². The van der Waals surface area contributed by atoms with E-state index in [1.807, 2.05) is 6.07 Å². The Kier molecular flexibility index (Phi) is 4.28. The van der Waals surface area contributed by atoms with Crippen molar-refractivity contribution in [3.05, 3.63) is 59.9 Å². The Balaban J connectivity index is 2.01. The van der Waals surface area contributed by atoms with Crippen molar-refractivity contribution in [3.8, 4) is 11.4 Å². The van der Waals surface area contributed by atoms with Gasteiger partial charge in [-0.05, 0) is 30.7 Å². The number of nitrogens with zero attached hydrogens (tertiary/aromatic N) is 5. The van der Waals surface area contributed by atoms with Crippen LogP contribution in [0.15, 0.2) is 42.9 Å². The van der Waals surface area contributed by atoms with Crippen LogP contribution >= 0.6 is 0 Å². The van der Waals surface area contributed by atoms with Gasteiger partial charge in [-0.25, -0.2) is 9.67 Å². The molecule has 0 saturated carbocycles. The topological polar surface area (TPSA) is 56.5 Å². The van der Waals surface area contributed by atoms with Crippen LogP contribution in [0.25, 0.3) is 11.4 Å². The fraction of sp³-hybridized carbons (Fsp3) is 0.250. The van der Waals surface area contributed by atoms with E-state index >= 15 is 0 Å². The monoisotopic (exact) mass is 333 g/mol. The number of hydrogen-bond acceptors (Lipinski definition) is 4. The third-order valence-corrected chi connectivity index (χ3v) is 3.38. The maximum atomic E-state index is 12.9. The number of rotatable bonds is 4. The molecule has 0 atom stereocenters. The van der Waals surface area contributed by atoms with E-state index in [1.54, 1.807) is 43.7 Å². The summed E-state index contributed by atoms with van der Waals surface area (Å²) >= 11 is 0. The summed E-state index contributed by atoms with van der Waals surface area (Å²) in [5.74, 6) is 0.474. The second kappa shape index (κ2) is 6.38. The molecule has 3 aromatic rings. The van der Waals surface area contributed by atoms with Crippen molar-refractivity contribution in [1.29, 1.82) is 0 Å². The SMILES string of the molecule is Cc1ncccc1-c1nc(Cc2cccnc2)nn1CC(F)(F)F. The fourth-order valence-corrected chi connectivity index (χ4v) is 2.35. The smallest absolute Gasteiger partial charge is 0.264 e. The first-order valence-electron chi connectivity index (χ1n) is 7.24. The standard InChI is InChI=1S/C16H14F3N5/c1-11-13(5-3-7-21-11)15-22-14(8-12-4-2-6-20-9-12)23-24(15)10-16(17,18)19/h2-7,9H,8,10H2,1H3. The molecule has 124 valence electrons. The van der Waals surface area contributed by atoms with E-state index in [0.29, 0.717) is 23.5 Å². The molecule has 5 nitrogen and oxygen atoms in total. The lowest BCUT2D eigenvalue weighted by Crippen LogP contribution is -2.19. The van der Waals surface area contributed by atoms with Crippen LogP contribution in [0.2, 0.25) is 0 Å². The van der Waals surface area contributed by atoms with E-state index in [4.69, 9.17) is 0 Å². The lowest BCUT2D eigenvalue weighted by atomic mass is 10.2. The van der Waals surface area contributed by atoms with E-state index in [1.165, 1.54) is 0 Å². The van der Waals surface area contributed by atoms with Gasteiger partial charge in [0.2, 0.25) is 0 Å². The van der Waals surface area contributed by atoms with E-state index in [9.17, 15) is 13.2 Å². The molecule has 0 aliphatic carbocycles. The minimum Gasteiger partial charge on any atom is -0.264 e. The van der Waals surface area contributed by atoms with Crippen molar-refractivity contribution in [1.82, 2.24) is 24.7 Å². The summed E-state index contributed by atoms with van der Waals surface area (Å²) in [6, 6.07) is 6.93. The molecule has 8 heteroatoms. The molecule has 0 radical (unpaired) electrons. The molecule has 3 rings (SSSR count). The summed E-state index contributed by atoms with van der Waals surface area (Å²) in [5.41, 5.74) is 1.96. The molecule has 0 amide bonds. The zero-order valence-electron chi connectivity index (χ0n) is 12.8. The second-order valence-corrected chi connectivity index (χ2v) is 5.30. The van der Waals surface area contributed by atoms with E-state index in [2.05, 4.69) is 20.1 Å². The molecule has 0 fully saturated rings. The van der Waals surface area contributed by atoms with Crippen LogP contribution in [-0.4, -0.2) is 30.9 Å². The molecule has 0 saturated heterocycles. The first kappa shape index (κ1) is 16.1. The molecular weight excluding hydrogens is 319 g/mol. The largest absolute Gasteiger partial charge is 0.408 e. The molecule has 0 aliphatic rings. The van der Waals surface area contributed by atoms with Gasteiger partial charge in [-0.1, -0.05) is 6.07 Å². The average molecular weight is 333 g/mol. The predicted octanol–water partition coefficient (Wildman–Crippen LogP) is 3.20. The van der Waals surface area contributed by atoms with Crippen molar-refractivity contribution in [2.45, 2.75) is 26.1 Å². The third kappa shape index (κ3) is 3.76. The van der Waals surface area contributed by atoms with Gasteiger partial charge in [0.05, 0.1) is 0 Å². The number of alkyl halides is 3. The van der Waals surface area contributed by atoms with Gasteiger partial charge in [0.15, 0.2) is 11.6 Å². The number of pyridine rings is 2. The normalized spacial score (nSPS) is 11.7. The number of hydrogen-bond donors (Lipinski definition) is 0. The molecule has 0 bridgehead atoms. The minimum absolute atomic E-state index is 0.164. The van der Waals surface area contributed by atoms with E-state index in [0.717, 1.165) is 10.2 Å². The van der Waals surface area contributed by atoms with Crippen LogP contribution < -0.4 is 0 Å². The average Bonchev–Trinajstić information content (AvgIpc) is 2.89. The van der Waals surface area contributed by atoms with Gasteiger partial charge in [0.25, 0.3) is 0 Å². The van der Waals surface area contributed by atoms with Crippen molar-refractivity contribution in [2.75, 3.05) is 0 Å². The van der Waals surface area contributed by atoms with Gasteiger partial charge >= 0.3 is 6.18 Å². The van der Waals surface area contributed by atoms with E-state index in [-0.39, 0.29) is 5.82 Å². The zero-order chi connectivity index (χ0) is 17.2. The van der Waals surface area contributed by atoms with Gasteiger partial charge in [-0.2, -0.15) is 18.3 Å². The Hall–Kier alpha value is -2.77. The maximum absolute atomic E-state index is 12.9. The number of aryl methyl sites for hydroxylation is 1. The molecule has 3 aromatic heterocycles. The summed E-state index contributed by atoms with van der Waals surface area (Å²) in [6.07, 6.45) is 0.776. The quantitative estimate of drug-likeness (QED) is 0.736. The van der Waals surface area contributed by atoms with Crippen molar-refractivity contribution >= 4 is 0 Å². The van der Waals surface area contributed by atoms with Gasteiger partial charge in [0.1, 0.15) is 6.54 Å². The molecule has 0 aliphatic heterocycles. The van der Waals surface area contributed by atoms with Gasteiger partial charge in [0, 0.05) is 36.3 Å².